The van der Waals surface area contributed by atoms with Gasteiger partial charge in [0.25, 0.3) is 0 Å². The Bertz CT molecular complexity index is 830. The molecule has 0 aromatic heterocycles. The van der Waals surface area contributed by atoms with Crippen molar-refractivity contribution in [3.63, 3.8) is 0 Å². The van der Waals surface area contributed by atoms with Crippen molar-refractivity contribution in [2.45, 2.75) is 27.7 Å². The van der Waals surface area contributed by atoms with Gasteiger partial charge in [0, 0.05) is 5.56 Å². The zero-order valence-corrected chi connectivity index (χ0v) is 16.1. The van der Waals surface area contributed by atoms with Gasteiger partial charge in [-0.1, -0.05) is 6.07 Å². The molecule has 0 aliphatic rings. The van der Waals surface area contributed by atoms with E-state index in [4.69, 9.17) is 14.2 Å². The monoisotopic (exact) mass is 356 g/mol. The second-order valence-corrected chi connectivity index (χ2v) is 6.15. The fourth-order valence-corrected chi connectivity index (χ4v) is 2.84. The van der Waals surface area contributed by atoms with Gasteiger partial charge in [0.1, 0.15) is 17.1 Å². The van der Waals surface area contributed by atoms with Gasteiger partial charge in [0.05, 0.1) is 14.2 Å². The maximum absolute atomic E-state index is 12.6. The minimum atomic E-state index is -0.661. The first-order chi connectivity index (χ1) is 12.3. The third-order valence-corrected chi connectivity index (χ3v) is 4.75. The molecule has 0 saturated heterocycles. The van der Waals surface area contributed by atoms with Crippen LogP contribution in [-0.4, -0.2) is 32.6 Å². The van der Waals surface area contributed by atoms with Gasteiger partial charge in [-0.15, -0.1) is 0 Å². The van der Waals surface area contributed by atoms with Gasteiger partial charge in [0.2, 0.25) is 5.78 Å². The van der Waals surface area contributed by atoms with Crippen molar-refractivity contribution in [2.24, 2.45) is 0 Å². The molecule has 0 heterocycles. The van der Waals surface area contributed by atoms with Crippen LogP contribution in [0.3, 0.4) is 0 Å². The zero-order chi connectivity index (χ0) is 19.4. The lowest BCUT2D eigenvalue weighted by Crippen LogP contribution is -2.17. The molecule has 0 aliphatic carbocycles. The van der Waals surface area contributed by atoms with E-state index in [1.165, 1.54) is 14.2 Å². The first-order valence-electron chi connectivity index (χ1n) is 8.30. The van der Waals surface area contributed by atoms with Crippen LogP contribution in [0.25, 0.3) is 0 Å². The van der Waals surface area contributed by atoms with Crippen molar-refractivity contribution in [1.82, 2.24) is 0 Å². The Labute approximate surface area is 153 Å². The Morgan fingerprint density at radius 3 is 2.00 bits per heavy atom. The van der Waals surface area contributed by atoms with E-state index >= 15 is 0 Å². The molecule has 0 saturated carbocycles. The van der Waals surface area contributed by atoms with Gasteiger partial charge in [-0.25, -0.2) is 4.79 Å². The standard InChI is InChI=1S/C21H24O5/c1-12-10-16(15(4)14(3)13(12)2)17(22)11-26-21(23)20-18(24-5)8-7-9-19(20)25-6/h7-10H,11H2,1-6H3. The lowest BCUT2D eigenvalue weighted by Gasteiger charge is -2.14. The number of carbonyl (C=O) groups excluding carboxylic acids is 2. The van der Waals surface area contributed by atoms with Crippen molar-refractivity contribution in [1.29, 1.82) is 0 Å². The van der Waals surface area contributed by atoms with Crippen molar-refractivity contribution in [3.8, 4) is 11.5 Å². The first-order valence-corrected chi connectivity index (χ1v) is 8.30. The van der Waals surface area contributed by atoms with Crippen molar-refractivity contribution in [2.75, 3.05) is 20.8 Å². The molecule has 2 rings (SSSR count). The lowest BCUT2D eigenvalue weighted by atomic mass is 9.93. The molecule has 5 nitrogen and oxygen atoms in total. The van der Waals surface area contributed by atoms with E-state index < -0.39 is 5.97 Å². The molecule has 2 aromatic carbocycles. The summed E-state index contributed by atoms with van der Waals surface area (Å²) >= 11 is 0. The quantitative estimate of drug-likeness (QED) is 0.579. The average Bonchev–Trinajstić information content (AvgIpc) is 2.66. The minimum Gasteiger partial charge on any atom is -0.496 e. The highest BCUT2D eigenvalue weighted by Crippen LogP contribution is 2.29. The third-order valence-electron chi connectivity index (χ3n) is 4.75. The van der Waals surface area contributed by atoms with E-state index in [9.17, 15) is 9.59 Å². The zero-order valence-electron chi connectivity index (χ0n) is 16.1. The van der Waals surface area contributed by atoms with E-state index in [-0.39, 0.29) is 18.0 Å². The topological polar surface area (TPSA) is 61.8 Å². The second-order valence-electron chi connectivity index (χ2n) is 6.15. The highest BCUT2D eigenvalue weighted by atomic mass is 16.5. The number of methoxy groups -OCH3 is 2. The summed E-state index contributed by atoms with van der Waals surface area (Å²) in [6.07, 6.45) is 0. The number of rotatable bonds is 6. The average molecular weight is 356 g/mol. The molecule has 26 heavy (non-hydrogen) atoms. The van der Waals surface area contributed by atoms with Crippen LogP contribution in [0.2, 0.25) is 0 Å². The number of esters is 1. The fourth-order valence-electron chi connectivity index (χ4n) is 2.84. The van der Waals surface area contributed by atoms with Crippen LogP contribution in [0.5, 0.6) is 11.5 Å². The van der Waals surface area contributed by atoms with Crippen LogP contribution in [-0.2, 0) is 4.74 Å². The number of benzene rings is 2. The summed E-state index contributed by atoms with van der Waals surface area (Å²) in [6, 6.07) is 6.83. The molecule has 0 atom stereocenters. The molecule has 0 fully saturated rings. The number of ether oxygens (including phenoxy) is 3. The number of hydrogen-bond acceptors (Lipinski definition) is 5. The Balaban J connectivity index is 2.22. The summed E-state index contributed by atoms with van der Waals surface area (Å²) in [4.78, 5) is 25.1. The highest BCUT2D eigenvalue weighted by Gasteiger charge is 2.22. The Kier molecular flexibility index (Phi) is 6.03. The summed E-state index contributed by atoms with van der Waals surface area (Å²) in [5.41, 5.74) is 4.92. The number of ketones is 1. The smallest absolute Gasteiger partial charge is 0.346 e. The van der Waals surface area contributed by atoms with E-state index in [1.54, 1.807) is 18.2 Å². The van der Waals surface area contributed by atoms with Gasteiger partial charge < -0.3 is 14.2 Å². The molecule has 5 heteroatoms. The van der Waals surface area contributed by atoms with Crippen LogP contribution in [0.1, 0.15) is 43.0 Å². The van der Waals surface area contributed by atoms with E-state index in [0.717, 1.165) is 22.3 Å². The van der Waals surface area contributed by atoms with Gasteiger partial charge in [-0.2, -0.15) is 0 Å². The van der Waals surface area contributed by atoms with Crippen molar-refractivity contribution in [3.05, 3.63) is 57.6 Å². The van der Waals surface area contributed by atoms with Gasteiger partial charge >= 0.3 is 5.97 Å². The maximum Gasteiger partial charge on any atom is 0.346 e. The van der Waals surface area contributed by atoms with Crippen LogP contribution in [0.15, 0.2) is 24.3 Å². The molecule has 2 aromatic rings. The first kappa shape index (κ1) is 19.5. The Morgan fingerprint density at radius 2 is 1.46 bits per heavy atom. The predicted octanol–water partition coefficient (Wildman–Crippen LogP) is 3.98. The van der Waals surface area contributed by atoms with Crippen LogP contribution in [0, 0.1) is 27.7 Å². The lowest BCUT2D eigenvalue weighted by molar-refractivity contribution is 0.0468. The number of Topliss-reactive ketones (excluding diaryl/α,β-unsaturated/α-hetero) is 1. The molecular formula is C21H24O5. The molecule has 0 bridgehead atoms. The molecule has 0 aliphatic heterocycles. The van der Waals surface area contributed by atoms with Gasteiger partial charge in [0.15, 0.2) is 6.61 Å². The summed E-state index contributed by atoms with van der Waals surface area (Å²) < 4.78 is 15.6. The van der Waals surface area contributed by atoms with E-state index in [1.807, 2.05) is 33.8 Å². The normalized spacial score (nSPS) is 10.4. The van der Waals surface area contributed by atoms with E-state index in [0.29, 0.717) is 17.1 Å². The van der Waals surface area contributed by atoms with Gasteiger partial charge in [-0.05, 0) is 68.1 Å². The van der Waals surface area contributed by atoms with Crippen LogP contribution >= 0.6 is 0 Å². The van der Waals surface area contributed by atoms with Crippen LogP contribution < -0.4 is 9.47 Å². The molecule has 0 N–H and O–H groups in total. The SMILES string of the molecule is COc1cccc(OC)c1C(=O)OCC(=O)c1cc(C)c(C)c(C)c1C. The van der Waals surface area contributed by atoms with Crippen molar-refractivity contribution >= 4 is 11.8 Å². The highest BCUT2D eigenvalue weighted by molar-refractivity contribution is 6.02. The number of hydrogen-bond donors (Lipinski definition) is 0. The molecule has 0 radical (unpaired) electrons. The maximum atomic E-state index is 12.6. The molecule has 0 unspecified atom stereocenters. The fraction of sp³-hybridized carbons (Fsp3) is 0.333. The minimum absolute atomic E-state index is 0.165. The predicted molar refractivity (Wildman–Crippen MR) is 99.5 cm³/mol. The Morgan fingerprint density at radius 1 is 0.885 bits per heavy atom. The number of carbonyl (C=O) groups is 2. The second kappa shape index (κ2) is 8.04. The third kappa shape index (κ3) is 3.72. The largest absolute Gasteiger partial charge is 0.496 e. The summed E-state index contributed by atoms with van der Waals surface area (Å²) in [5, 5.41) is 0. The Hall–Kier alpha value is -2.82. The van der Waals surface area contributed by atoms with Crippen LogP contribution in [0.4, 0.5) is 0 Å². The molecular weight excluding hydrogens is 332 g/mol. The molecule has 0 spiro atoms. The van der Waals surface area contributed by atoms with Gasteiger partial charge in [-0.3, -0.25) is 4.79 Å². The summed E-state index contributed by atoms with van der Waals surface area (Å²) in [5.74, 6) is -0.234. The summed E-state index contributed by atoms with van der Waals surface area (Å²) in [6.45, 7) is 7.53. The number of aryl methyl sites for hydroxylation is 1. The van der Waals surface area contributed by atoms with Crippen molar-refractivity contribution < 1.29 is 23.8 Å². The molecule has 0 amide bonds. The van der Waals surface area contributed by atoms with E-state index in [2.05, 4.69) is 0 Å². The molecule has 138 valence electrons. The summed E-state index contributed by atoms with van der Waals surface area (Å²) in [7, 11) is 2.91.